The number of methoxy groups -OCH3 is 6. The molecule has 0 atom stereocenters. The molecule has 0 aromatic heterocycles. The van der Waals surface area contributed by atoms with Crippen LogP contribution in [0.5, 0.6) is 46.0 Å². The van der Waals surface area contributed by atoms with Gasteiger partial charge in [0.1, 0.15) is 46.0 Å². The lowest BCUT2D eigenvalue weighted by molar-refractivity contribution is 0.321. The second kappa shape index (κ2) is 28.0. The highest BCUT2D eigenvalue weighted by molar-refractivity contribution is 8.20. The van der Waals surface area contributed by atoms with Crippen LogP contribution in [0.2, 0.25) is 0 Å². The summed E-state index contributed by atoms with van der Waals surface area (Å²) in [5, 5.41) is 10.7. The number of benzene rings is 4. The lowest BCUT2D eigenvalue weighted by Gasteiger charge is -2.27. The molecule has 0 spiro atoms. The first-order valence-corrected chi connectivity index (χ1v) is 29.4. The molecule has 0 saturated carbocycles. The summed E-state index contributed by atoms with van der Waals surface area (Å²) in [6, 6.07) is 15.5. The van der Waals surface area contributed by atoms with E-state index in [-0.39, 0.29) is 27.4 Å². The maximum Gasteiger partial charge on any atom is 0.284 e. The fraction of sp³-hybridized carbons (Fsp3) is 0.538. The largest absolute Gasteiger partial charge is 0.508 e. The van der Waals surface area contributed by atoms with Crippen molar-refractivity contribution in [3.63, 3.8) is 0 Å². The van der Waals surface area contributed by atoms with Crippen LogP contribution in [-0.2, 0) is 21.7 Å². The van der Waals surface area contributed by atoms with Gasteiger partial charge in [0.25, 0.3) is 6.85 Å². The third kappa shape index (κ3) is 18.6. The fourth-order valence-corrected chi connectivity index (χ4v) is 8.03. The molecule has 4 aromatic carbocycles. The Morgan fingerprint density at radius 3 is 0.853 bits per heavy atom. The summed E-state index contributed by atoms with van der Waals surface area (Å²) in [6.07, 6.45) is 0. The van der Waals surface area contributed by atoms with Gasteiger partial charge in [0, 0.05) is 44.5 Å². The number of hydrogen-bond acceptors (Lipinski definition) is 9. The summed E-state index contributed by atoms with van der Waals surface area (Å²) in [6.45, 7) is 33.8. The molecule has 0 amide bonds. The molecule has 384 valence electrons. The van der Waals surface area contributed by atoms with Gasteiger partial charge in [-0.25, -0.2) is 0 Å². The topological polar surface area (TPSA) is 88.1 Å². The maximum absolute atomic E-state index is 10.7. The van der Waals surface area contributed by atoms with Crippen molar-refractivity contribution in [3.05, 3.63) is 70.8 Å². The van der Waals surface area contributed by atoms with Crippen LogP contribution in [0.25, 0.3) is 22.3 Å². The second-order valence-electron chi connectivity index (χ2n) is 19.7. The fourth-order valence-electron chi connectivity index (χ4n) is 7.28. The molecule has 0 saturated heterocycles. The molecular formula is C52H78Cl5NO8P2. The van der Waals surface area contributed by atoms with Gasteiger partial charge in [0.15, 0.2) is 5.98 Å². The predicted molar refractivity (Wildman–Crippen MR) is 297 cm³/mol. The molecule has 0 aliphatic carbocycles. The number of phenols is 1. The average Bonchev–Trinajstić information content (AvgIpc) is 3.24. The van der Waals surface area contributed by atoms with E-state index in [9.17, 15) is 5.11 Å². The molecule has 0 heterocycles. The summed E-state index contributed by atoms with van der Waals surface area (Å²) in [4.78, 5) is 2.38. The normalized spacial score (nSPS) is 11.7. The van der Waals surface area contributed by atoms with E-state index in [1.807, 2.05) is 42.5 Å². The van der Waals surface area contributed by atoms with E-state index in [1.54, 1.807) is 48.7 Å². The second-order valence-corrected chi connectivity index (χ2v) is 27.7. The van der Waals surface area contributed by atoms with Gasteiger partial charge in [-0.1, -0.05) is 138 Å². The van der Waals surface area contributed by atoms with Crippen LogP contribution < -0.4 is 32.9 Å². The summed E-state index contributed by atoms with van der Waals surface area (Å²) >= 11 is 26.6. The Balaban J connectivity index is 0.000000559. The minimum atomic E-state index is -1.63. The standard InChI is InChI=1S/C23H31Cl2O4P.C23H32O4.C6H15N.Cl3P/c1-22(2,3)16-12-18(26-7)14(10-20(16)28-9)15-11-21(29-30(24)25)17(23(4,5)6)13-19(15)27-8;1-22(2,3)16-12-19(25-7)14(10-18(16)24)15-11-21(27-9)17(23(4,5)6)13-20(15)26-8;1-4-7(5-2)6-3;1-4(2)3/h10-13H,1-9H3;10-13,24H,1-9H3;4-6H2,1-3H3;. The number of ether oxygens (including phenoxy) is 6. The predicted octanol–water partition coefficient (Wildman–Crippen LogP) is 18.0. The molecule has 0 aliphatic heterocycles. The number of phenolic OH excluding ortho intramolecular Hbond substituents is 1. The van der Waals surface area contributed by atoms with Crippen LogP contribution in [0, 0.1) is 0 Å². The Morgan fingerprint density at radius 2 is 0.632 bits per heavy atom. The van der Waals surface area contributed by atoms with E-state index in [2.05, 4.69) is 109 Å². The molecule has 16 heteroatoms. The Labute approximate surface area is 436 Å². The summed E-state index contributed by atoms with van der Waals surface area (Å²) in [5.74, 6) is 4.01. The maximum atomic E-state index is 10.7. The summed E-state index contributed by atoms with van der Waals surface area (Å²) < 4.78 is 40.0. The Morgan fingerprint density at radius 1 is 0.397 bits per heavy atom. The van der Waals surface area contributed by atoms with Crippen molar-refractivity contribution >= 4 is 69.0 Å². The monoisotopic (exact) mass is 1080 g/mol. The van der Waals surface area contributed by atoms with Crippen LogP contribution >= 0.6 is 69.0 Å². The Hall–Kier alpha value is -2.45. The molecule has 4 rings (SSSR count). The summed E-state index contributed by atoms with van der Waals surface area (Å²) in [5.41, 5.74) is 6.50. The number of halogens is 5. The van der Waals surface area contributed by atoms with Gasteiger partial charge in [0.05, 0.1) is 42.7 Å². The highest BCUT2D eigenvalue weighted by Gasteiger charge is 2.29. The molecule has 0 fully saturated rings. The van der Waals surface area contributed by atoms with Gasteiger partial charge in [-0.3, -0.25) is 0 Å². The number of aromatic hydroxyl groups is 1. The average molecular weight is 1080 g/mol. The molecule has 68 heavy (non-hydrogen) atoms. The first-order chi connectivity index (χ1) is 31.3. The van der Waals surface area contributed by atoms with E-state index in [1.165, 1.54) is 19.6 Å². The van der Waals surface area contributed by atoms with Gasteiger partial charge in [0.2, 0.25) is 0 Å². The van der Waals surface area contributed by atoms with E-state index < -0.39 is 12.8 Å². The van der Waals surface area contributed by atoms with Gasteiger partial charge in [-0.2, -0.15) is 0 Å². The molecule has 9 nitrogen and oxygen atoms in total. The number of hydrogen-bond donors (Lipinski definition) is 1. The number of rotatable bonds is 13. The Kier molecular flexibility index (Phi) is 26.1. The molecule has 0 radical (unpaired) electrons. The van der Waals surface area contributed by atoms with Crippen molar-refractivity contribution in [1.82, 2.24) is 4.90 Å². The van der Waals surface area contributed by atoms with E-state index in [0.717, 1.165) is 56.0 Å². The van der Waals surface area contributed by atoms with Crippen molar-refractivity contribution in [1.29, 1.82) is 0 Å². The van der Waals surface area contributed by atoms with Gasteiger partial charge in [-0.15, -0.1) is 0 Å². The number of nitrogens with zero attached hydrogens (tertiary/aromatic N) is 1. The van der Waals surface area contributed by atoms with E-state index in [0.29, 0.717) is 28.7 Å². The Bertz CT molecular complexity index is 2190. The van der Waals surface area contributed by atoms with Crippen molar-refractivity contribution in [2.45, 2.75) is 126 Å². The van der Waals surface area contributed by atoms with Gasteiger partial charge < -0.3 is 43.0 Å². The molecule has 4 aromatic rings. The lowest BCUT2D eigenvalue weighted by Crippen LogP contribution is -2.21. The van der Waals surface area contributed by atoms with E-state index in [4.69, 9.17) is 89.1 Å². The van der Waals surface area contributed by atoms with Crippen LogP contribution in [0.15, 0.2) is 48.5 Å². The summed E-state index contributed by atoms with van der Waals surface area (Å²) in [7, 11) is 9.92. The molecule has 0 unspecified atom stereocenters. The van der Waals surface area contributed by atoms with Crippen molar-refractivity contribution in [2.24, 2.45) is 0 Å². The first-order valence-electron chi connectivity index (χ1n) is 22.3. The smallest absolute Gasteiger partial charge is 0.284 e. The SMILES string of the molecule is CCN(CC)CC.COc1cc(C(C)(C)C)c(O)cc1-c1cc(OC)c(C(C)(C)C)cc1OC.COc1cc(C(C)(C)C)c(OC)cc1-c1cc(OP(Cl)Cl)c(C(C)(C)C)cc1OC.ClP(Cl)Cl. The minimum absolute atomic E-state index is 0.0977. The highest BCUT2D eigenvalue weighted by atomic mass is 36.0. The lowest BCUT2D eigenvalue weighted by atomic mass is 9.83. The molecule has 0 aliphatic rings. The quantitative estimate of drug-likeness (QED) is 0.132. The molecule has 0 bridgehead atoms. The third-order valence-corrected chi connectivity index (χ3v) is 11.7. The molecular weight excluding hydrogens is 1010 g/mol. The third-order valence-electron chi connectivity index (χ3n) is 11.0. The van der Waals surface area contributed by atoms with Crippen LogP contribution in [0.1, 0.15) is 126 Å². The van der Waals surface area contributed by atoms with Gasteiger partial charge >= 0.3 is 0 Å². The van der Waals surface area contributed by atoms with Crippen molar-refractivity contribution in [3.8, 4) is 68.2 Å². The van der Waals surface area contributed by atoms with Crippen molar-refractivity contribution < 1.29 is 38.1 Å². The zero-order valence-corrected chi connectivity index (χ0v) is 49.8. The van der Waals surface area contributed by atoms with Crippen molar-refractivity contribution in [2.75, 3.05) is 62.3 Å². The highest BCUT2D eigenvalue weighted by Crippen LogP contribution is 2.54. The molecule has 1 N–H and O–H groups in total. The zero-order valence-electron chi connectivity index (χ0n) is 44.3. The van der Waals surface area contributed by atoms with Crippen LogP contribution in [0.3, 0.4) is 0 Å². The van der Waals surface area contributed by atoms with Gasteiger partial charge in [-0.05, 0) is 112 Å². The van der Waals surface area contributed by atoms with E-state index >= 15 is 0 Å². The van der Waals surface area contributed by atoms with Crippen LogP contribution in [0.4, 0.5) is 0 Å². The minimum Gasteiger partial charge on any atom is -0.508 e. The van der Waals surface area contributed by atoms with Crippen LogP contribution in [-0.4, -0.2) is 72.3 Å². The first kappa shape index (κ1) is 63.6. The zero-order chi connectivity index (χ0) is 52.7.